The third-order valence-electron chi connectivity index (χ3n) is 2.75. The van der Waals surface area contributed by atoms with Gasteiger partial charge in [-0.15, -0.1) is 11.3 Å². The molecule has 0 aliphatic carbocycles. The van der Waals surface area contributed by atoms with E-state index in [2.05, 4.69) is 43.0 Å². The average Bonchev–Trinajstić information content (AvgIpc) is 2.66. The lowest BCUT2D eigenvalue weighted by Gasteiger charge is -2.23. The van der Waals surface area contributed by atoms with Gasteiger partial charge in [-0.3, -0.25) is 4.90 Å². The van der Waals surface area contributed by atoms with Crippen LogP contribution in [-0.4, -0.2) is 29.5 Å². The molecule has 3 nitrogen and oxygen atoms in total. The van der Waals surface area contributed by atoms with E-state index < -0.39 is 0 Å². The highest BCUT2D eigenvalue weighted by Gasteiger charge is 2.10. The maximum absolute atomic E-state index is 4.35. The van der Waals surface area contributed by atoms with E-state index in [0.29, 0.717) is 6.04 Å². The van der Waals surface area contributed by atoms with Gasteiger partial charge >= 0.3 is 0 Å². The first kappa shape index (κ1) is 13.5. The quantitative estimate of drug-likeness (QED) is 0.794. The molecular weight excluding hydrogens is 218 g/mol. The highest BCUT2D eigenvalue weighted by molar-refractivity contribution is 7.15. The lowest BCUT2D eigenvalue weighted by Crippen LogP contribution is -2.27. The smallest absolute Gasteiger partial charge is 0.182 e. The van der Waals surface area contributed by atoms with Gasteiger partial charge in [0.25, 0.3) is 0 Å². The van der Waals surface area contributed by atoms with Crippen LogP contribution in [0.25, 0.3) is 0 Å². The summed E-state index contributed by atoms with van der Waals surface area (Å²) in [6.07, 6.45) is 4.49. The van der Waals surface area contributed by atoms with Crippen LogP contribution < -0.4 is 5.32 Å². The second-order valence-electron chi connectivity index (χ2n) is 4.21. The predicted octanol–water partition coefficient (Wildman–Crippen LogP) is 3.20. The normalized spacial score (nSPS) is 13.1. The van der Waals surface area contributed by atoms with Crippen LogP contribution in [0.3, 0.4) is 0 Å². The standard InChI is InChI=1S/C12H23N3S/c1-5-7-10(3)15(4)9-11-8-14-12(16-11)13-6-2/h8,10H,5-7,9H2,1-4H3,(H,13,14). The summed E-state index contributed by atoms with van der Waals surface area (Å²) in [4.78, 5) is 8.08. The number of anilines is 1. The zero-order valence-corrected chi connectivity index (χ0v) is 11.6. The minimum atomic E-state index is 0.648. The Morgan fingerprint density at radius 2 is 2.25 bits per heavy atom. The fourth-order valence-electron chi connectivity index (χ4n) is 1.65. The molecule has 1 unspecified atom stereocenters. The van der Waals surface area contributed by atoms with Crippen molar-refractivity contribution in [2.45, 2.75) is 46.2 Å². The van der Waals surface area contributed by atoms with Crippen molar-refractivity contribution in [2.75, 3.05) is 18.9 Å². The highest BCUT2D eigenvalue weighted by atomic mass is 32.1. The van der Waals surface area contributed by atoms with Crippen LogP contribution in [-0.2, 0) is 6.54 Å². The van der Waals surface area contributed by atoms with Crippen molar-refractivity contribution >= 4 is 16.5 Å². The van der Waals surface area contributed by atoms with Gasteiger partial charge in [-0.25, -0.2) is 4.98 Å². The van der Waals surface area contributed by atoms with E-state index in [1.54, 1.807) is 11.3 Å². The molecule has 1 heterocycles. The largest absolute Gasteiger partial charge is 0.362 e. The summed E-state index contributed by atoms with van der Waals surface area (Å²) in [5, 5.41) is 4.28. The van der Waals surface area contributed by atoms with Crippen molar-refractivity contribution in [3.8, 4) is 0 Å². The summed E-state index contributed by atoms with van der Waals surface area (Å²) in [6, 6.07) is 0.648. The van der Waals surface area contributed by atoms with Gasteiger partial charge in [0.1, 0.15) is 0 Å². The molecule has 1 atom stereocenters. The molecule has 0 amide bonds. The molecule has 1 aromatic rings. The average molecular weight is 241 g/mol. The van der Waals surface area contributed by atoms with Crippen molar-refractivity contribution in [2.24, 2.45) is 0 Å². The van der Waals surface area contributed by atoms with Gasteiger partial charge in [0, 0.05) is 30.2 Å². The molecule has 0 saturated heterocycles. The third-order valence-corrected chi connectivity index (χ3v) is 3.69. The molecule has 16 heavy (non-hydrogen) atoms. The molecule has 0 aliphatic rings. The molecule has 0 aliphatic heterocycles. The Hall–Kier alpha value is -0.610. The van der Waals surface area contributed by atoms with Crippen LogP contribution in [0.15, 0.2) is 6.20 Å². The van der Waals surface area contributed by atoms with Crippen LogP contribution in [0.2, 0.25) is 0 Å². The summed E-state index contributed by atoms with van der Waals surface area (Å²) >= 11 is 1.76. The maximum atomic E-state index is 4.35. The van der Waals surface area contributed by atoms with E-state index in [-0.39, 0.29) is 0 Å². The van der Waals surface area contributed by atoms with E-state index in [1.165, 1.54) is 17.7 Å². The summed E-state index contributed by atoms with van der Waals surface area (Å²) in [5.41, 5.74) is 0. The fourth-order valence-corrected chi connectivity index (χ4v) is 2.60. The SMILES string of the molecule is CCCC(C)N(C)Cc1cnc(NCC)s1. The molecule has 0 fully saturated rings. The molecule has 0 aromatic carbocycles. The number of hydrogen-bond acceptors (Lipinski definition) is 4. The summed E-state index contributed by atoms with van der Waals surface area (Å²) in [5.74, 6) is 0. The third kappa shape index (κ3) is 4.10. The first-order valence-electron chi connectivity index (χ1n) is 6.06. The molecule has 1 aromatic heterocycles. The van der Waals surface area contributed by atoms with E-state index in [4.69, 9.17) is 0 Å². The van der Waals surface area contributed by atoms with Crippen LogP contribution in [0, 0.1) is 0 Å². The molecule has 0 radical (unpaired) electrons. The maximum Gasteiger partial charge on any atom is 0.182 e. The van der Waals surface area contributed by atoms with Crippen molar-refractivity contribution in [3.63, 3.8) is 0 Å². The van der Waals surface area contributed by atoms with Gasteiger partial charge in [0.2, 0.25) is 0 Å². The van der Waals surface area contributed by atoms with Gasteiger partial charge < -0.3 is 5.32 Å². The Morgan fingerprint density at radius 1 is 1.50 bits per heavy atom. The fraction of sp³-hybridized carbons (Fsp3) is 0.750. The zero-order valence-electron chi connectivity index (χ0n) is 10.8. The van der Waals surface area contributed by atoms with E-state index in [1.807, 2.05) is 6.20 Å². The van der Waals surface area contributed by atoms with Crippen LogP contribution in [0.5, 0.6) is 0 Å². The number of nitrogens with zero attached hydrogens (tertiary/aromatic N) is 2. The number of hydrogen-bond donors (Lipinski definition) is 1. The Labute approximate surface area is 103 Å². The lowest BCUT2D eigenvalue weighted by atomic mass is 10.2. The molecular formula is C12H23N3S. The van der Waals surface area contributed by atoms with Crippen LogP contribution in [0.1, 0.15) is 38.5 Å². The summed E-state index contributed by atoms with van der Waals surface area (Å²) in [7, 11) is 2.19. The molecule has 92 valence electrons. The van der Waals surface area contributed by atoms with E-state index in [9.17, 15) is 0 Å². The number of aromatic nitrogens is 1. The second-order valence-corrected chi connectivity index (χ2v) is 5.33. The van der Waals surface area contributed by atoms with Gasteiger partial charge in [0.05, 0.1) is 0 Å². The van der Waals surface area contributed by atoms with E-state index in [0.717, 1.165) is 18.2 Å². The molecule has 1 N–H and O–H groups in total. The van der Waals surface area contributed by atoms with Crippen molar-refractivity contribution in [1.82, 2.24) is 9.88 Å². The number of nitrogens with one attached hydrogen (secondary N) is 1. The zero-order chi connectivity index (χ0) is 12.0. The van der Waals surface area contributed by atoms with Gasteiger partial charge in [-0.1, -0.05) is 13.3 Å². The second kappa shape index (κ2) is 6.86. The Balaban J connectivity index is 2.45. The van der Waals surface area contributed by atoms with Crippen LogP contribution >= 0.6 is 11.3 Å². The molecule has 1 rings (SSSR count). The lowest BCUT2D eigenvalue weighted by molar-refractivity contribution is 0.238. The minimum Gasteiger partial charge on any atom is -0.362 e. The highest BCUT2D eigenvalue weighted by Crippen LogP contribution is 2.20. The van der Waals surface area contributed by atoms with Crippen molar-refractivity contribution in [1.29, 1.82) is 0 Å². The number of rotatable bonds is 7. The van der Waals surface area contributed by atoms with Crippen molar-refractivity contribution < 1.29 is 0 Å². The molecule has 0 bridgehead atoms. The Kier molecular flexibility index (Phi) is 5.77. The monoisotopic (exact) mass is 241 g/mol. The summed E-state index contributed by atoms with van der Waals surface area (Å²) < 4.78 is 0. The molecule has 4 heteroatoms. The first-order valence-corrected chi connectivity index (χ1v) is 6.87. The molecule has 0 spiro atoms. The Bertz CT molecular complexity index is 298. The first-order chi connectivity index (χ1) is 7.67. The predicted molar refractivity (Wildman–Crippen MR) is 72.1 cm³/mol. The molecule has 0 saturated carbocycles. The minimum absolute atomic E-state index is 0.648. The van der Waals surface area contributed by atoms with Gasteiger partial charge in [-0.2, -0.15) is 0 Å². The number of thiazole rings is 1. The van der Waals surface area contributed by atoms with Gasteiger partial charge in [0.15, 0.2) is 5.13 Å². The van der Waals surface area contributed by atoms with Crippen LogP contribution in [0.4, 0.5) is 5.13 Å². The van der Waals surface area contributed by atoms with E-state index >= 15 is 0 Å². The van der Waals surface area contributed by atoms with Gasteiger partial charge in [-0.05, 0) is 27.3 Å². The Morgan fingerprint density at radius 3 is 2.88 bits per heavy atom. The summed E-state index contributed by atoms with van der Waals surface area (Å²) in [6.45, 7) is 8.56. The topological polar surface area (TPSA) is 28.2 Å². The van der Waals surface area contributed by atoms with Crippen molar-refractivity contribution in [3.05, 3.63) is 11.1 Å².